The van der Waals surface area contributed by atoms with Crippen LogP contribution in [-0.4, -0.2) is 19.5 Å². The van der Waals surface area contributed by atoms with Gasteiger partial charge in [0.15, 0.2) is 6.54 Å². The summed E-state index contributed by atoms with van der Waals surface area (Å²) in [5.74, 6) is -0.294. The molecule has 21 heavy (non-hydrogen) atoms. The zero-order valence-corrected chi connectivity index (χ0v) is 12.3. The van der Waals surface area contributed by atoms with Gasteiger partial charge in [-0.3, -0.25) is 4.79 Å². The maximum Gasteiger partial charge on any atom is 0.279 e. The van der Waals surface area contributed by atoms with E-state index in [2.05, 4.69) is 5.32 Å². The maximum absolute atomic E-state index is 13.1. The Kier molecular flexibility index (Phi) is 5.06. The minimum absolute atomic E-state index is 0.0484. The van der Waals surface area contributed by atoms with Gasteiger partial charge in [-0.1, -0.05) is 29.8 Å². The third-order valence-electron chi connectivity index (χ3n) is 3.19. The molecule has 110 valence electrons. The summed E-state index contributed by atoms with van der Waals surface area (Å²) in [5.41, 5.74) is 2.83. The van der Waals surface area contributed by atoms with Crippen molar-refractivity contribution in [2.75, 3.05) is 18.9 Å². The van der Waals surface area contributed by atoms with Gasteiger partial charge in [-0.25, -0.2) is 4.39 Å². The molecule has 0 heterocycles. The number of aryl methyl sites for hydroxylation is 1. The van der Waals surface area contributed by atoms with Crippen LogP contribution < -0.4 is 10.2 Å². The first-order valence-electron chi connectivity index (χ1n) is 6.95. The molecular formula is C17H20FN2O+. The topological polar surface area (TPSA) is 33.5 Å². The monoisotopic (exact) mass is 287 g/mol. The Balaban J connectivity index is 1.86. The Morgan fingerprint density at radius 1 is 1.19 bits per heavy atom. The van der Waals surface area contributed by atoms with Gasteiger partial charge in [0, 0.05) is 11.3 Å². The quantitative estimate of drug-likeness (QED) is 0.863. The van der Waals surface area contributed by atoms with E-state index in [0.29, 0.717) is 13.1 Å². The Morgan fingerprint density at radius 2 is 1.90 bits per heavy atom. The summed E-state index contributed by atoms with van der Waals surface area (Å²) < 4.78 is 13.1. The summed E-state index contributed by atoms with van der Waals surface area (Å²) in [7, 11) is 1.92. The van der Waals surface area contributed by atoms with E-state index in [1.807, 2.05) is 44.3 Å². The van der Waals surface area contributed by atoms with Crippen molar-refractivity contribution in [3.05, 3.63) is 65.5 Å². The van der Waals surface area contributed by atoms with Crippen molar-refractivity contribution < 1.29 is 14.1 Å². The second-order valence-corrected chi connectivity index (χ2v) is 5.35. The number of hydrogen-bond acceptors (Lipinski definition) is 1. The van der Waals surface area contributed by atoms with Crippen molar-refractivity contribution in [2.45, 2.75) is 13.5 Å². The zero-order valence-electron chi connectivity index (χ0n) is 12.3. The number of benzene rings is 2. The van der Waals surface area contributed by atoms with Gasteiger partial charge in [0.2, 0.25) is 0 Å². The molecule has 2 N–H and O–H groups in total. The van der Waals surface area contributed by atoms with Gasteiger partial charge in [0.1, 0.15) is 12.4 Å². The highest BCUT2D eigenvalue weighted by molar-refractivity contribution is 5.91. The number of hydrogen-bond donors (Lipinski definition) is 2. The highest BCUT2D eigenvalue weighted by atomic mass is 19.1. The third-order valence-corrected chi connectivity index (χ3v) is 3.19. The van der Waals surface area contributed by atoms with Crippen LogP contribution >= 0.6 is 0 Å². The van der Waals surface area contributed by atoms with Gasteiger partial charge in [-0.2, -0.15) is 0 Å². The predicted octanol–water partition coefficient (Wildman–Crippen LogP) is 1.79. The van der Waals surface area contributed by atoms with Crippen molar-refractivity contribution in [2.24, 2.45) is 0 Å². The average Bonchev–Trinajstić information content (AvgIpc) is 2.41. The molecule has 2 rings (SSSR count). The number of nitrogens with one attached hydrogen (secondary N) is 2. The zero-order chi connectivity index (χ0) is 15.2. The van der Waals surface area contributed by atoms with Crippen LogP contribution in [0.15, 0.2) is 48.5 Å². The van der Waals surface area contributed by atoms with Crippen molar-refractivity contribution in [3.8, 4) is 0 Å². The number of rotatable bonds is 5. The maximum atomic E-state index is 13.1. The van der Waals surface area contributed by atoms with Gasteiger partial charge < -0.3 is 10.2 Å². The lowest BCUT2D eigenvalue weighted by molar-refractivity contribution is -0.885. The van der Waals surface area contributed by atoms with Crippen LogP contribution in [0.1, 0.15) is 11.1 Å². The van der Waals surface area contributed by atoms with Crippen LogP contribution in [-0.2, 0) is 11.3 Å². The lowest BCUT2D eigenvalue weighted by Crippen LogP contribution is -3.08. The third kappa shape index (κ3) is 5.00. The fourth-order valence-electron chi connectivity index (χ4n) is 2.17. The van der Waals surface area contributed by atoms with Gasteiger partial charge in [0.05, 0.1) is 7.05 Å². The molecule has 0 radical (unpaired) electrons. The molecule has 2 aromatic rings. The SMILES string of the molecule is Cc1ccc(NC(=O)C[NH+](C)Cc2cccc(F)c2)cc1. The molecule has 0 aromatic heterocycles. The van der Waals surface area contributed by atoms with Crippen LogP contribution in [0.4, 0.5) is 10.1 Å². The van der Waals surface area contributed by atoms with Gasteiger partial charge in [-0.15, -0.1) is 0 Å². The molecule has 0 bridgehead atoms. The molecule has 0 aliphatic carbocycles. The van der Waals surface area contributed by atoms with Gasteiger partial charge in [0.25, 0.3) is 5.91 Å². The molecule has 0 saturated heterocycles. The van der Waals surface area contributed by atoms with E-state index < -0.39 is 0 Å². The van der Waals surface area contributed by atoms with E-state index >= 15 is 0 Å². The summed E-state index contributed by atoms with van der Waals surface area (Å²) in [6.45, 7) is 2.95. The number of carbonyl (C=O) groups is 1. The molecule has 0 spiro atoms. The van der Waals surface area contributed by atoms with E-state index in [1.54, 1.807) is 6.07 Å². The lowest BCUT2D eigenvalue weighted by atomic mass is 10.2. The average molecular weight is 287 g/mol. The summed E-state index contributed by atoms with van der Waals surface area (Å²) in [4.78, 5) is 13.0. The number of quaternary nitrogens is 1. The van der Waals surface area contributed by atoms with Gasteiger partial charge in [-0.05, 0) is 31.2 Å². The van der Waals surface area contributed by atoms with Crippen molar-refractivity contribution >= 4 is 11.6 Å². The number of likely N-dealkylation sites (N-methyl/N-ethyl adjacent to an activating group) is 1. The summed E-state index contributed by atoms with van der Waals surface area (Å²) >= 11 is 0. The van der Waals surface area contributed by atoms with E-state index in [0.717, 1.165) is 21.7 Å². The second-order valence-electron chi connectivity index (χ2n) is 5.35. The molecule has 1 amide bonds. The Hall–Kier alpha value is -2.20. The molecule has 0 fully saturated rings. The highest BCUT2D eigenvalue weighted by Gasteiger charge is 2.11. The minimum Gasteiger partial charge on any atom is -0.326 e. The Bertz CT molecular complexity index is 610. The highest BCUT2D eigenvalue weighted by Crippen LogP contribution is 2.07. The number of halogens is 1. The summed E-state index contributed by atoms with van der Waals surface area (Å²) in [5, 5.41) is 2.86. The van der Waals surface area contributed by atoms with Crippen molar-refractivity contribution in [3.63, 3.8) is 0 Å². The Labute approximate surface area is 124 Å². The number of carbonyl (C=O) groups excluding carboxylic acids is 1. The van der Waals surface area contributed by atoms with Crippen LogP contribution in [0.3, 0.4) is 0 Å². The molecule has 1 atom stereocenters. The standard InChI is InChI=1S/C17H19FN2O/c1-13-6-8-16(9-7-13)19-17(21)12-20(2)11-14-4-3-5-15(18)10-14/h3-10H,11-12H2,1-2H3,(H,19,21)/p+1. The van der Waals surface area contributed by atoms with E-state index in [1.165, 1.54) is 12.1 Å². The fourth-order valence-corrected chi connectivity index (χ4v) is 2.17. The second kappa shape index (κ2) is 6.99. The predicted molar refractivity (Wildman–Crippen MR) is 81.7 cm³/mol. The fraction of sp³-hybridized carbons (Fsp3) is 0.235. The van der Waals surface area contributed by atoms with Crippen LogP contribution in [0, 0.1) is 12.7 Å². The van der Waals surface area contributed by atoms with E-state index in [-0.39, 0.29) is 11.7 Å². The molecule has 3 nitrogen and oxygen atoms in total. The molecule has 0 aliphatic heterocycles. The molecule has 4 heteroatoms. The van der Waals surface area contributed by atoms with Crippen molar-refractivity contribution in [1.82, 2.24) is 0 Å². The van der Waals surface area contributed by atoms with Crippen LogP contribution in [0.25, 0.3) is 0 Å². The normalized spacial score (nSPS) is 12.0. The minimum atomic E-state index is -0.246. The smallest absolute Gasteiger partial charge is 0.279 e. The largest absolute Gasteiger partial charge is 0.326 e. The van der Waals surface area contributed by atoms with Gasteiger partial charge >= 0.3 is 0 Å². The molecule has 1 unspecified atom stereocenters. The molecule has 2 aromatic carbocycles. The number of anilines is 1. The van der Waals surface area contributed by atoms with Crippen LogP contribution in [0.2, 0.25) is 0 Å². The first-order chi connectivity index (χ1) is 10.0. The molecular weight excluding hydrogens is 267 g/mol. The van der Waals surface area contributed by atoms with E-state index in [9.17, 15) is 9.18 Å². The first-order valence-corrected chi connectivity index (χ1v) is 6.95. The van der Waals surface area contributed by atoms with E-state index in [4.69, 9.17) is 0 Å². The first kappa shape index (κ1) is 15.2. The number of amides is 1. The summed E-state index contributed by atoms with van der Waals surface area (Å²) in [6, 6.07) is 14.2. The summed E-state index contributed by atoms with van der Waals surface area (Å²) in [6.07, 6.45) is 0. The molecule has 0 aliphatic rings. The molecule has 0 saturated carbocycles. The van der Waals surface area contributed by atoms with Crippen molar-refractivity contribution in [1.29, 1.82) is 0 Å². The lowest BCUT2D eigenvalue weighted by Gasteiger charge is -2.14. The van der Waals surface area contributed by atoms with Crippen LogP contribution in [0.5, 0.6) is 0 Å². The Morgan fingerprint density at radius 3 is 2.57 bits per heavy atom.